The molecule has 0 aromatic carbocycles. The molecule has 0 aliphatic carbocycles. The van der Waals surface area contributed by atoms with Gasteiger partial charge in [-0.05, 0) is 26.7 Å². The van der Waals surface area contributed by atoms with Crippen LogP contribution in [0.5, 0.6) is 0 Å². The van der Waals surface area contributed by atoms with Crippen LogP contribution in [0.3, 0.4) is 0 Å². The Morgan fingerprint density at radius 3 is 3.00 bits per heavy atom. The molecule has 0 radical (unpaired) electrons. The van der Waals surface area contributed by atoms with E-state index in [-0.39, 0.29) is 11.9 Å². The summed E-state index contributed by atoms with van der Waals surface area (Å²) in [7, 11) is 0. The Hall–Kier alpha value is -0.940. The van der Waals surface area contributed by atoms with E-state index in [0.29, 0.717) is 13.0 Å². The maximum Gasteiger partial charge on any atom is 0.220 e. The molecule has 1 rings (SSSR count). The third-order valence-electron chi connectivity index (χ3n) is 2.39. The fraction of sp³-hybridized carbons (Fsp3) is 0.667. The Morgan fingerprint density at radius 2 is 2.41 bits per heavy atom. The lowest BCUT2D eigenvalue weighted by Gasteiger charge is -2.05. The molecule has 0 bridgehead atoms. The second kappa shape index (κ2) is 7.40. The molecule has 17 heavy (non-hydrogen) atoms. The highest BCUT2D eigenvalue weighted by Crippen LogP contribution is 2.08. The van der Waals surface area contributed by atoms with Crippen LogP contribution in [0.1, 0.15) is 36.9 Å². The van der Waals surface area contributed by atoms with E-state index in [1.54, 1.807) is 11.3 Å². The van der Waals surface area contributed by atoms with Crippen molar-refractivity contribution in [2.24, 2.45) is 5.73 Å². The van der Waals surface area contributed by atoms with Crippen molar-refractivity contribution in [1.82, 2.24) is 10.3 Å². The van der Waals surface area contributed by atoms with E-state index in [2.05, 4.69) is 10.3 Å². The zero-order valence-electron chi connectivity index (χ0n) is 10.5. The van der Waals surface area contributed by atoms with Gasteiger partial charge < -0.3 is 11.1 Å². The van der Waals surface area contributed by atoms with Gasteiger partial charge in [0.05, 0.1) is 5.01 Å². The molecule has 1 atom stereocenters. The van der Waals surface area contributed by atoms with Gasteiger partial charge in [-0.3, -0.25) is 4.79 Å². The summed E-state index contributed by atoms with van der Waals surface area (Å²) in [4.78, 5) is 15.8. The molecule has 1 amide bonds. The lowest BCUT2D eigenvalue weighted by molar-refractivity contribution is -0.121. The first kappa shape index (κ1) is 14.1. The fourth-order valence-electron chi connectivity index (χ4n) is 1.50. The number of hydrogen-bond donors (Lipinski definition) is 2. The van der Waals surface area contributed by atoms with Crippen LogP contribution in [0.15, 0.2) is 5.38 Å². The quantitative estimate of drug-likeness (QED) is 0.778. The Bertz CT molecular complexity index is 349. The number of nitrogens with two attached hydrogens (primary N) is 1. The summed E-state index contributed by atoms with van der Waals surface area (Å²) in [5.41, 5.74) is 6.67. The minimum absolute atomic E-state index is 0.110. The summed E-state index contributed by atoms with van der Waals surface area (Å²) in [5.74, 6) is 0.110. The first-order valence-corrected chi connectivity index (χ1v) is 6.89. The van der Waals surface area contributed by atoms with Crippen LogP contribution in [0.2, 0.25) is 0 Å². The number of aryl methyl sites for hydroxylation is 1. The van der Waals surface area contributed by atoms with Gasteiger partial charge in [0.1, 0.15) is 0 Å². The second-order valence-corrected chi connectivity index (χ2v) is 5.29. The van der Waals surface area contributed by atoms with Crippen molar-refractivity contribution < 1.29 is 4.79 Å². The summed E-state index contributed by atoms with van der Waals surface area (Å²) >= 11 is 1.64. The van der Waals surface area contributed by atoms with Crippen molar-refractivity contribution in [3.8, 4) is 0 Å². The fourth-order valence-corrected chi connectivity index (χ4v) is 2.28. The van der Waals surface area contributed by atoms with Gasteiger partial charge in [-0.1, -0.05) is 0 Å². The van der Waals surface area contributed by atoms with Crippen molar-refractivity contribution in [2.45, 2.75) is 45.6 Å². The summed E-state index contributed by atoms with van der Waals surface area (Å²) in [6.45, 7) is 4.61. The van der Waals surface area contributed by atoms with Crippen LogP contribution in [-0.2, 0) is 11.2 Å². The molecule has 1 unspecified atom stereocenters. The lowest BCUT2D eigenvalue weighted by atomic mass is 10.1. The van der Waals surface area contributed by atoms with Gasteiger partial charge in [0.25, 0.3) is 0 Å². The second-order valence-electron chi connectivity index (χ2n) is 4.35. The van der Waals surface area contributed by atoms with Crippen molar-refractivity contribution >= 4 is 17.2 Å². The largest absolute Gasteiger partial charge is 0.356 e. The summed E-state index contributed by atoms with van der Waals surface area (Å²) < 4.78 is 0. The number of thiazole rings is 1. The van der Waals surface area contributed by atoms with Crippen LogP contribution in [-0.4, -0.2) is 23.5 Å². The molecule has 5 heteroatoms. The number of nitrogens with zero attached hydrogens (tertiary/aromatic N) is 1. The molecule has 3 N–H and O–H groups in total. The molecule has 0 saturated heterocycles. The predicted molar refractivity (Wildman–Crippen MR) is 71.1 cm³/mol. The molecule has 96 valence electrons. The number of rotatable bonds is 7. The maximum atomic E-state index is 11.5. The molecule has 1 heterocycles. The van der Waals surface area contributed by atoms with Crippen molar-refractivity contribution in [2.75, 3.05) is 6.54 Å². The SMILES string of the molecule is Cc1csc(CCNC(=O)CCCC(C)N)n1. The van der Waals surface area contributed by atoms with E-state index in [0.717, 1.165) is 30.0 Å². The molecular formula is C12H21N3OS. The van der Waals surface area contributed by atoms with Crippen LogP contribution >= 0.6 is 11.3 Å². The molecular weight excluding hydrogens is 234 g/mol. The zero-order chi connectivity index (χ0) is 12.7. The smallest absolute Gasteiger partial charge is 0.220 e. The monoisotopic (exact) mass is 255 g/mol. The Labute approximate surface area is 107 Å². The molecule has 1 aromatic heterocycles. The number of aromatic nitrogens is 1. The van der Waals surface area contributed by atoms with Gasteiger partial charge >= 0.3 is 0 Å². The van der Waals surface area contributed by atoms with Gasteiger partial charge in [-0.25, -0.2) is 4.98 Å². The molecule has 4 nitrogen and oxygen atoms in total. The molecule has 0 aliphatic rings. The lowest BCUT2D eigenvalue weighted by Crippen LogP contribution is -2.26. The van der Waals surface area contributed by atoms with Crippen LogP contribution < -0.4 is 11.1 Å². The minimum atomic E-state index is 0.110. The molecule has 1 aromatic rings. The average Bonchev–Trinajstić information content (AvgIpc) is 2.63. The van der Waals surface area contributed by atoms with Crippen molar-refractivity contribution in [3.05, 3.63) is 16.1 Å². The zero-order valence-corrected chi connectivity index (χ0v) is 11.3. The van der Waals surface area contributed by atoms with E-state index >= 15 is 0 Å². The van der Waals surface area contributed by atoms with Crippen LogP contribution in [0.25, 0.3) is 0 Å². The van der Waals surface area contributed by atoms with Crippen LogP contribution in [0.4, 0.5) is 0 Å². The highest BCUT2D eigenvalue weighted by Gasteiger charge is 2.03. The first-order valence-electron chi connectivity index (χ1n) is 6.01. The number of hydrogen-bond acceptors (Lipinski definition) is 4. The summed E-state index contributed by atoms with van der Waals surface area (Å²) in [5, 5.41) is 6.01. The van der Waals surface area contributed by atoms with Gasteiger partial charge in [-0.2, -0.15) is 0 Å². The van der Waals surface area contributed by atoms with E-state index in [4.69, 9.17) is 5.73 Å². The topological polar surface area (TPSA) is 68.0 Å². The Balaban J connectivity index is 2.08. The normalized spacial score (nSPS) is 12.4. The average molecular weight is 255 g/mol. The first-order chi connectivity index (χ1) is 8.08. The standard InChI is InChI=1S/C12H21N3OS/c1-9(13)4-3-5-11(16)14-7-6-12-15-10(2)8-17-12/h8-9H,3-7,13H2,1-2H3,(H,14,16). The number of carbonyl (C=O) groups is 1. The van der Waals surface area contributed by atoms with Crippen molar-refractivity contribution in [1.29, 1.82) is 0 Å². The van der Waals surface area contributed by atoms with E-state index in [1.807, 2.05) is 19.2 Å². The maximum absolute atomic E-state index is 11.5. The Kier molecular flexibility index (Phi) is 6.15. The van der Waals surface area contributed by atoms with Crippen molar-refractivity contribution in [3.63, 3.8) is 0 Å². The summed E-state index contributed by atoms with van der Waals surface area (Å²) in [6, 6.07) is 0.182. The minimum Gasteiger partial charge on any atom is -0.356 e. The highest BCUT2D eigenvalue weighted by molar-refractivity contribution is 7.09. The van der Waals surface area contributed by atoms with Gasteiger partial charge in [0.2, 0.25) is 5.91 Å². The third-order valence-corrected chi connectivity index (χ3v) is 3.42. The van der Waals surface area contributed by atoms with Gasteiger partial charge in [0.15, 0.2) is 0 Å². The highest BCUT2D eigenvalue weighted by atomic mass is 32.1. The number of carbonyl (C=O) groups excluding carboxylic acids is 1. The van der Waals surface area contributed by atoms with Crippen LogP contribution in [0, 0.1) is 6.92 Å². The molecule has 0 aliphatic heterocycles. The predicted octanol–water partition coefficient (Wildman–Crippen LogP) is 1.63. The number of amides is 1. The summed E-state index contributed by atoms with van der Waals surface area (Å²) in [6.07, 6.45) is 3.15. The molecule has 0 spiro atoms. The molecule has 0 fully saturated rings. The van der Waals surface area contributed by atoms with E-state index in [9.17, 15) is 4.79 Å². The van der Waals surface area contributed by atoms with Gasteiger partial charge in [0, 0.05) is 36.5 Å². The van der Waals surface area contributed by atoms with Gasteiger partial charge in [-0.15, -0.1) is 11.3 Å². The van der Waals surface area contributed by atoms with E-state index in [1.165, 1.54) is 0 Å². The Morgan fingerprint density at radius 1 is 1.65 bits per heavy atom. The number of nitrogens with one attached hydrogen (secondary N) is 1. The molecule has 0 saturated carbocycles. The third kappa shape index (κ3) is 6.38. The van der Waals surface area contributed by atoms with E-state index < -0.39 is 0 Å².